The molecule has 0 N–H and O–H groups in total. The van der Waals surface area contributed by atoms with Crippen LogP contribution >= 0.6 is 0 Å². The van der Waals surface area contributed by atoms with Crippen LogP contribution in [0.5, 0.6) is 0 Å². The van der Waals surface area contributed by atoms with Gasteiger partial charge in [-0.3, -0.25) is 13.5 Å². The lowest BCUT2D eigenvalue weighted by atomic mass is 10.6. The number of hydrogen-bond donors (Lipinski definition) is 0. The fraction of sp³-hybridized carbons (Fsp3) is 0.600. The first kappa shape index (κ1) is 29.4. The van der Waals surface area contributed by atoms with Gasteiger partial charge in [0.2, 0.25) is 6.86 Å². The minimum Gasteiger partial charge on any atom is -0.439 e. The summed E-state index contributed by atoms with van der Waals surface area (Å²) in [4.78, 5) is 0. The smallest absolute Gasteiger partial charge is 0.439 e. The summed E-state index contributed by atoms with van der Waals surface area (Å²) in [5, 5.41) is 0. The van der Waals surface area contributed by atoms with Crippen LogP contribution in [0.4, 0.5) is 43.9 Å². The molecule has 23 heavy (non-hydrogen) atoms. The lowest BCUT2D eigenvalue weighted by molar-refractivity contribution is -0.430. The largest absolute Gasteiger partial charge is 0.495 e. The predicted molar refractivity (Wildman–Crippen MR) is 59.7 cm³/mol. The maximum Gasteiger partial charge on any atom is 0.495 e. The van der Waals surface area contributed by atoms with Gasteiger partial charge >= 0.3 is 12.2 Å². The maximum absolute atomic E-state index is 12.1. The van der Waals surface area contributed by atoms with E-state index >= 15 is 0 Å². The molecule has 0 aliphatic rings. The van der Waals surface area contributed by atoms with Crippen molar-refractivity contribution in [1.82, 2.24) is 0 Å². The Labute approximate surface area is 125 Å². The first-order valence-corrected chi connectivity index (χ1v) is 4.78. The van der Waals surface area contributed by atoms with Crippen molar-refractivity contribution < 1.29 is 58.1 Å². The zero-order valence-corrected chi connectivity index (χ0v) is 11.8. The van der Waals surface area contributed by atoms with E-state index in [-0.39, 0.29) is 0 Å². The normalized spacial score (nSPS) is 9.74. The number of alkyl halides is 8. The van der Waals surface area contributed by atoms with Gasteiger partial charge in [0.05, 0.1) is 14.4 Å². The average molecular weight is 372 g/mol. The molecule has 0 atom stereocenters. The fourth-order valence-corrected chi connectivity index (χ4v) is 0.410. The van der Waals surface area contributed by atoms with Crippen LogP contribution in [0.1, 0.15) is 0 Å². The lowest BCUT2D eigenvalue weighted by Crippen LogP contribution is -2.44. The van der Waals surface area contributed by atoms with Gasteiger partial charge in [0.25, 0.3) is 12.0 Å². The van der Waals surface area contributed by atoms with Crippen molar-refractivity contribution in [2.75, 3.05) is 28.1 Å². The highest BCUT2D eigenvalue weighted by molar-refractivity contribution is 4.74. The standard InChI is InChI=1S/C5H4F6O2.C3H4F2O.2CH3F/c1-3(7)13-5(10,11)4(8,9)12-2-6;1-3(5)6-2-4;2*1-2/h1-2H2;1-2H2;2*1H3. The van der Waals surface area contributed by atoms with E-state index in [1.54, 1.807) is 0 Å². The van der Waals surface area contributed by atoms with Crippen LogP contribution in [-0.2, 0) is 14.2 Å². The van der Waals surface area contributed by atoms with Gasteiger partial charge in [-0.15, -0.1) is 0 Å². The van der Waals surface area contributed by atoms with Gasteiger partial charge in [-0.25, -0.2) is 8.78 Å². The third-order valence-corrected chi connectivity index (χ3v) is 1.02. The molecule has 0 aromatic carbocycles. The SMILES string of the molecule is C=C(F)OC(F)(F)C(F)(F)OCF.C=C(F)OCF.CF.CF. The summed E-state index contributed by atoms with van der Waals surface area (Å²) in [6.45, 7) is 1.47. The fourth-order valence-electron chi connectivity index (χ4n) is 0.410. The van der Waals surface area contributed by atoms with Gasteiger partial charge in [0, 0.05) is 0 Å². The molecular formula is C10H14F10O3. The molecule has 0 rings (SSSR count). The molecule has 0 radical (unpaired) electrons. The molecule has 0 aliphatic carbocycles. The average Bonchev–Trinajstić information content (AvgIpc) is 2.42. The van der Waals surface area contributed by atoms with Crippen LogP contribution in [0.15, 0.2) is 25.2 Å². The Morgan fingerprint density at radius 2 is 1.17 bits per heavy atom. The molecule has 0 aromatic heterocycles. The molecular weight excluding hydrogens is 358 g/mol. The van der Waals surface area contributed by atoms with Crippen molar-refractivity contribution in [3.05, 3.63) is 25.2 Å². The second-order valence-corrected chi connectivity index (χ2v) is 2.35. The van der Waals surface area contributed by atoms with E-state index < -0.39 is 38.0 Å². The Bertz CT molecular complexity index is 299. The van der Waals surface area contributed by atoms with Crippen molar-refractivity contribution in [1.29, 1.82) is 0 Å². The van der Waals surface area contributed by atoms with Crippen molar-refractivity contribution in [3.63, 3.8) is 0 Å². The Balaban J connectivity index is -0.000000151. The lowest BCUT2D eigenvalue weighted by Gasteiger charge is -2.23. The number of halogens is 10. The summed E-state index contributed by atoms with van der Waals surface area (Å²) < 4.78 is 121. The Hall–Kier alpha value is -1.66. The summed E-state index contributed by atoms with van der Waals surface area (Å²) in [6, 6.07) is -3.22. The molecule has 0 saturated heterocycles. The van der Waals surface area contributed by atoms with Crippen LogP contribution < -0.4 is 0 Å². The van der Waals surface area contributed by atoms with E-state index in [4.69, 9.17) is 0 Å². The Morgan fingerprint density at radius 3 is 1.35 bits per heavy atom. The highest BCUT2D eigenvalue weighted by atomic mass is 19.3. The van der Waals surface area contributed by atoms with Crippen LogP contribution in [-0.4, -0.2) is 40.3 Å². The van der Waals surface area contributed by atoms with Crippen LogP contribution in [0.2, 0.25) is 0 Å². The van der Waals surface area contributed by atoms with Crippen LogP contribution in [0.3, 0.4) is 0 Å². The van der Waals surface area contributed by atoms with Crippen molar-refractivity contribution in [2.24, 2.45) is 0 Å². The summed E-state index contributed by atoms with van der Waals surface area (Å²) >= 11 is 0. The zero-order valence-electron chi connectivity index (χ0n) is 11.8. The second kappa shape index (κ2) is 16.7. The van der Waals surface area contributed by atoms with E-state index in [1.807, 2.05) is 0 Å². The van der Waals surface area contributed by atoms with E-state index in [0.717, 1.165) is 0 Å². The van der Waals surface area contributed by atoms with E-state index in [1.165, 1.54) is 0 Å². The molecule has 0 heterocycles. The Kier molecular flexibility index (Phi) is 21.3. The first-order valence-electron chi connectivity index (χ1n) is 4.78. The topological polar surface area (TPSA) is 27.7 Å². The predicted octanol–water partition coefficient (Wildman–Crippen LogP) is 5.12. The van der Waals surface area contributed by atoms with Gasteiger partial charge in [-0.05, 0) is 13.2 Å². The summed E-state index contributed by atoms with van der Waals surface area (Å²) in [5.41, 5.74) is 0. The minimum absolute atomic E-state index is 0.500. The molecule has 3 nitrogen and oxygen atoms in total. The monoisotopic (exact) mass is 372 g/mol. The van der Waals surface area contributed by atoms with Crippen molar-refractivity contribution >= 4 is 0 Å². The minimum atomic E-state index is -5.30. The number of rotatable bonds is 7. The molecule has 142 valence electrons. The summed E-state index contributed by atoms with van der Waals surface area (Å²) in [7, 11) is 1.00. The molecule has 0 saturated carbocycles. The molecule has 13 heteroatoms. The molecule has 0 aromatic rings. The molecule has 0 unspecified atom stereocenters. The number of hydrogen-bond acceptors (Lipinski definition) is 3. The molecule has 0 spiro atoms. The van der Waals surface area contributed by atoms with Crippen LogP contribution in [0, 0.1) is 0 Å². The molecule has 0 aliphatic heterocycles. The summed E-state index contributed by atoms with van der Waals surface area (Å²) in [6.07, 6.45) is -10.6. The molecule has 0 fully saturated rings. The third-order valence-electron chi connectivity index (χ3n) is 1.02. The van der Waals surface area contributed by atoms with Crippen molar-refractivity contribution in [2.45, 2.75) is 12.2 Å². The van der Waals surface area contributed by atoms with E-state index in [2.05, 4.69) is 27.4 Å². The molecule has 0 amide bonds. The quantitative estimate of drug-likeness (QED) is 0.459. The maximum atomic E-state index is 12.1. The summed E-state index contributed by atoms with van der Waals surface area (Å²) in [5.74, 6) is 0. The van der Waals surface area contributed by atoms with Gasteiger partial charge in [-0.1, -0.05) is 0 Å². The molecule has 0 bridgehead atoms. The van der Waals surface area contributed by atoms with Gasteiger partial charge in [0.1, 0.15) is 0 Å². The van der Waals surface area contributed by atoms with Crippen molar-refractivity contribution in [3.8, 4) is 0 Å². The zero-order chi connectivity index (χ0) is 19.7. The van der Waals surface area contributed by atoms with Gasteiger partial charge < -0.3 is 9.47 Å². The number of ether oxygens (including phenoxy) is 3. The van der Waals surface area contributed by atoms with E-state index in [9.17, 15) is 43.9 Å². The van der Waals surface area contributed by atoms with E-state index in [0.29, 0.717) is 14.4 Å². The van der Waals surface area contributed by atoms with Gasteiger partial charge in [0.15, 0.2) is 6.86 Å². The third kappa shape index (κ3) is 18.3. The highest BCUT2D eigenvalue weighted by Crippen LogP contribution is 2.37. The first-order chi connectivity index (χ1) is 10.5. The second-order valence-electron chi connectivity index (χ2n) is 2.35. The Morgan fingerprint density at radius 1 is 0.783 bits per heavy atom. The van der Waals surface area contributed by atoms with Crippen LogP contribution in [0.25, 0.3) is 0 Å². The highest BCUT2D eigenvalue weighted by Gasteiger charge is 2.62. The van der Waals surface area contributed by atoms with Gasteiger partial charge in [-0.2, -0.15) is 26.3 Å².